The first-order valence-corrected chi connectivity index (χ1v) is 6.86. The number of aryl methyl sites for hydroxylation is 2. The van der Waals surface area contributed by atoms with Crippen molar-refractivity contribution < 1.29 is 9.53 Å². The monoisotopic (exact) mass is 288 g/mol. The van der Waals surface area contributed by atoms with E-state index in [9.17, 15) is 4.79 Å². The van der Waals surface area contributed by atoms with E-state index in [1.54, 1.807) is 26.1 Å². The lowest BCUT2D eigenvalue weighted by Gasteiger charge is -2.08. The maximum Gasteiger partial charge on any atom is 0.276 e. The molecule has 0 aliphatic carbocycles. The van der Waals surface area contributed by atoms with E-state index >= 15 is 0 Å². The highest BCUT2D eigenvalue weighted by molar-refractivity contribution is 6.06. The lowest BCUT2D eigenvalue weighted by Crippen LogP contribution is -2.17. The van der Waals surface area contributed by atoms with Gasteiger partial charge in [-0.2, -0.15) is 5.10 Å². The molecule has 21 heavy (non-hydrogen) atoms. The average molecular weight is 288 g/mol. The molecule has 0 atom stereocenters. The minimum Gasteiger partial charge on any atom is -0.494 e. The summed E-state index contributed by atoms with van der Waals surface area (Å²) in [5.74, 6) is 0.503. The van der Waals surface area contributed by atoms with Crippen LogP contribution in [0.3, 0.4) is 0 Å². The van der Waals surface area contributed by atoms with Gasteiger partial charge in [0.05, 0.1) is 18.0 Å². The fourth-order valence-electron chi connectivity index (χ4n) is 1.99. The van der Waals surface area contributed by atoms with Crippen LogP contribution in [0.1, 0.15) is 29.5 Å². The van der Waals surface area contributed by atoms with E-state index < -0.39 is 0 Å². The number of rotatable bonds is 5. The summed E-state index contributed by atoms with van der Waals surface area (Å²) in [6.45, 7) is 4.50. The minimum absolute atomic E-state index is 0.280. The lowest BCUT2D eigenvalue weighted by atomic mass is 10.2. The molecule has 1 heterocycles. The van der Waals surface area contributed by atoms with E-state index in [4.69, 9.17) is 10.5 Å². The molecule has 0 bridgehead atoms. The third-order valence-corrected chi connectivity index (χ3v) is 3.07. The summed E-state index contributed by atoms with van der Waals surface area (Å²) in [5.41, 5.74) is 7.96. The van der Waals surface area contributed by atoms with E-state index in [-0.39, 0.29) is 5.91 Å². The molecule has 2 rings (SSSR count). The molecule has 0 saturated heterocycles. The van der Waals surface area contributed by atoms with Crippen molar-refractivity contribution in [2.75, 3.05) is 17.7 Å². The Kier molecular flexibility index (Phi) is 4.47. The van der Waals surface area contributed by atoms with E-state index in [0.29, 0.717) is 29.4 Å². The highest BCUT2D eigenvalue weighted by atomic mass is 16.5. The van der Waals surface area contributed by atoms with Gasteiger partial charge >= 0.3 is 0 Å². The van der Waals surface area contributed by atoms with Crippen molar-refractivity contribution in [1.82, 2.24) is 9.78 Å². The zero-order valence-corrected chi connectivity index (χ0v) is 12.5. The van der Waals surface area contributed by atoms with Crippen LogP contribution in [0.5, 0.6) is 5.75 Å². The summed E-state index contributed by atoms with van der Waals surface area (Å²) in [7, 11) is 1.69. The highest BCUT2D eigenvalue weighted by Crippen LogP contribution is 2.19. The molecule has 0 unspecified atom stereocenters. The molecular formula is C15H20N4O2. The first-order chi connectivity index (χ1) is 10.0. The van der Waals surface area contributed by atoms with Gasteiger partial charge in [0.2, 0.25) is 0 Å². The number of nitrogen functional groups attached to an aromatic ring is 1. The second-order valence-corrected chi connectivity index (χ2v) is 4.80. The van der Waals surface area contributed by atoms with Gasteiger partial charge in [-0.1, -0.05) is 6.92 Å². The van der Waals surface area contributed by atoms with Gasteiger partial charge in [-0.05, 0) is 37.6 Å². The molecule has 0 fully saturated rings. The summed E-state index contributed by atoms with van der Waals surface area (Å²) in [5, 5.41) is 6.93. The molecule has 1 amide bonds. The van der Waals surface area contributed by atoms with Gasteiger partial charge in [0.25, 0.3) is 5.91 Å². The van der Waals surface area contributed by atoms with Gasteiger partial charge in [-0.3, -0.25) is 9.48 Å². The number of nitrogens with zero attached hydrogens (tertiary/aromatic N) is 2. The molecular weight excluding hydrogens is 268 g/mol. The van der Waals surface area contributed by atoms with Gasteiger partial charge in [-0.25, -0.2) is 0 Å². The van der Waals surface area contributed by atoms with Crippen LogP contribution >= 0.6 is 0 Å². The number of amides is 1. The van der Waals surface area contributed by atoms with Crippen LogP contribution in [0.2, 0.25) is 0 Å². The Labute approximate surface area is 123 Å². The average Bonchev–Trinajstić information content (AvgIpc) is 2.71. The quantitative estimate of drug-likeness (QED) is 0.884. The number of benzene rings is 1. The molecule has 6 heteroatoms. The first-order valence-electron chi connectivity index (χ1n) is 6.86. The molecule has 1 aromatic carbocycles. The van der Waals surface area contributed by atoms with Crippen LogP contribution in [-0.4, -0.2) is 22.3 Å². The standard InChI is InChI=1S/C15H20N4O2/c1-4-9-21-12-7-5-11(6-8-12)17-15(20)14-13(16)10(2)18-19(14)3/h5-8H,4,9,16H2,1-3H3,(H,17,20). The Morgan fingerprint density at radius 3 is 2.57 bits per heavy atom. The van der Waals surface area contributed by atoms with Gasteiger partial charge in [0.1, 0.15) is 11.4 Å². The predicted octanol–water partition coefficient (Wildman–Crippen LogP) is 2.35. The van der Waals surface area contributed by atoms with E-state index in [1.807, 2.05) is 12.1 Å². The molecule has 3 N–H and O–H groups in total. The summed E-state index contributed by atoms with van der Waals surface area (Å²) < 4.78 is 6.98. The predicted molar refractivity (Wildman–Crippen MR) is 82.5 cm³/mol. The summed E-state index contributed by atoms with van der Waals surface area (Å²) >= 11 is 0. The third-order valence-electron chi connectivity index (χ3n) is 3.07. The Hall–Kier alpha value is -2.50. The molecule has 1 aromatic heterocycles. The Morgan fingerprint density at radius 1 is 1.38 bits per heavy atom. The number of nitrogens with two attached hydrogens (primary N) is 1. The highest BCUT2D eigenvalue weighted by Gasteiger charge is 2.17. The molecule has 0 radical (unpaired) electrons. The molecule has 112 valence electrons. The number of nitrogens with one attached hydrogen (secondary N) is 1. The molecule has 0 saturated carbocycles. The number of hydrogen-bond donors (Lipinski definition) is 2. The third kappa shape index (κ3) is 3.34. The van der Waals surface area contributed by atoms with Gasteiger partial charge in [0, 0.05) is 12.7 Å². The molecule has 0 aliphatic rings. The fraction of sp³-hybridized carbons (Fsp3) is 0.333. The zero-order valence-electron chi connectivity index (χ0n) is 12.5. The van der Waals surface area contributed by atoms with Crippen molar-refractivity contribution >= 4 is 17.3 Å². The Bertz CT molecular complexity index is 632. The summed E-state index contributed by atoms with van der Waals surface area (Å²) in [4.78, 5) is 12.2. The van der Waals surface area contributed by atoms with Gasteiger partial charge in [-0.15, -0.1) is 0 Å². The molecule has 2 aromatic rings. The summed E-state index contributed by atoms with van der Waals surface area (Å²) in [6.07, 6.45) is 0.956. The number of hydrogen-bond acceptors (Lipinski definition) is 4. The lowest BCUT2D eigenvalue weighted by molar-refractivity contribution is 0.101. The summed E-state index contributed by atoms with van der Waals surface area (Å²) in [6, 6.07) is 7.23. The smallest absolute Gasteiger partial charge is 0.276 e. The number of anilines is 2. The second-order valence-electron chi connectivity index (χ2n) is 4.80. The van der Waals surface area contributed by atoms with Crippen molar-refractivity contribution in [1.29, 1.82) is 0 Å². The largest absolute Gasteiger partial charge is 0.494 e. The van der Waals surface area contributed by atoms with Crippen molar-refractivity contribution in [3.63, 3.8) is 0 Å². The van der Waals surface area contributed by atoms with Crippen LogP contribution < -0.4 is 15.8 Å². The van der Waals surface area contributed by atoms with Crippen LogP contribution in [-0.2, 0) is 7.05 Å². The first kappa shape index (κ1) is 14.9. The maximum absolute atomic E-state index is 12.2. The van der Waals surface area contributed by atoms with E-state index in [0.717, 1.165) is 12.2 Å². The van der Waals surface area contributed by atoms with Crippen LogP contribution in [0.15, 0.2) is 24.3 Å². The number of carbonyl (C=O) groups excluding carboxylic acids is 1. The van der Waals surface area contributed by atoms with Crippen LogP contribution in [0.25, 0.3) is 0 Å². The molecule has 0 aliphatic heterocycles. The zero-order chi connectivity index (χ0) is 15.4. The van der Waals surface area contributed by atoms with Crippen molar-refractivity contribution in [2.24, 2.45) is 7.05 Å². The Morgan fingerprint density at radius 2 is 2.05 bits per heavy atom. The van der Waals surface area contributed by atoms with Crippen LogP contribution in [0.4, 0.5) is 11.4 Å². The SMILES string of the molecule is CCCOc1ccc(NC(=O)c2c(N)c(C)nn2C)cc1. The Balaban J connectivity index is 2.09. The second kappa shape index (κ2) is 6.30. The maximum atomic E-state index is 12.2. The molecule has 0 spiro atoms. The normalized spacial score (nSPS) is 10.4. The number of ether oxygens (including phenoxy) is 1. The van der Waals surface area contributed by atoms with Gasteiger partial charge < -0.3 is 15.8 Å². The van der Waals surface area contributed by atoms with Crippen molar-refractivity contribution in [3.8, 4) is 5.75 Å². The van der Waals surface area contributed by atoms with Gasteiger partial charge in [0.15, 0.2) is 0 Å². The fourth-order valence-corrected chi connectivity index (χ4v) is 1.99. The van der Waals surface area contributed by atoms with E-state index in [2.05, 4.69) is 17.3 Å². The van der Waals surface area contributed by atoms with Crippen molar-refractivity contribution in [2.45, 2.75) is 20.3 Å². The van der Waals surface area contributed by atoms with E-state index in [1.165, 1.54) is 4.68 Å². The topological polar surface area (TPSA) is 82.2 Å². The van der Waals surface area contributed by atoms with Crippen molar-refractivity contribution in [3.05, 3.63) is 35.7 Å². The molecule has 6 nitrogen and oxygen atoms in total. The minimum atomic E-state index is -0.280. The number of carbonyl (C=O) groups is 1. The number of aromatic nitrogens is 2. The van der Waals surface area contributed by atoms with Crippen LogP contribution in [0, 0.1) is 6.92 Å².